The Bertz CT molecular complexity index is 445. The number of rotatable bonds is 4. The molecule has 98 valence electrons. The van der Waals surface area contributed by atoms with Crippen molar-refractivity contribution in [2.24, 2.45) is 0 Å². The Morgan fingerprint density at radius 1 is 1.33 bits per heavy atom. The number of carboxylic acids is 1. The third-order valence-electron chi connectivity index (χ3n) is 3.30. The highest BCUT2D eigenvalue weighted by atomic mass is 19.2. The topological polar surface area (TPSA) is 49.3 Å². The van der Waals surface area contributed by atoms with Crippen molar-refractivity contribution in [2.45, 2.75) is 37.8 Å². The van der Waals surface area contributed by atoms with Crippen LogP contribution in [0.1, 0.15) is 37.3 Å². The van der Waals surface area contributed by atoms with Crippen LogP contribution in [-0.2, 0) is 4.79 Å². The maximum Gasteiger partial charge on any atom is 0.325 e. The minimum Gasteiger partial charge on any atom is -0.480 e. The minimum absolute atomic E-state index is 0.0637. The number of hydrogen-bond acceptors (Lipinski definition) is 2. The maximum atomic E-state index is 13.6. The Balaban J connectivity index is 2.23. The fourth-order valence-electron chi connectivity index (χ4n) is 2.37. The molecule has 0 amide bonds. The molecule has 0 aromatic heterocycles. The van der Waals surface area contributed by atoms with Gasteiger partial charge in [0.1, 0.15) is 6.04 Å². The van der Waals surface area contributed by atoms with Crippen LogP contribution in [0.2, 0.25) is 0 Å². The van der Waals surface area contributed by atoms with Gasteiger partial charge in [-0.25, -0.2) is 8.78 Å². The second kappa shape index (κ2) is 5.44. The Labute approximate surface area is 104 Å². The van der Waals surface area contributed by atoms with E-state index in [1.807, 2.05) is 0 Å². The Morgan fingerprint density at radius 2 is 2.00 bits per heavy atom. The van der Waals surface area contributed by atoms with E-state index in [0.29, 0.717) is 0 Å². The molecule has 1 saturated carbocycles. The summed E-state index contributed by atoms with van der Waals surface area (Å²) in [7, 11) is 0. The maximum absolute atomic E-state index is 13.6. The van der Waals surface area contributed by atoms with Crippen molar-refractivity contribution in [3.8, 4) is 0 Å². The van der Waals surface area contributed by atoms with Crippen molar-refractivity contribution in [2.75, 3.05) is 0 Å². The lowest BCUT2D eigenvalue weighted by atomic mass is 10.0. The zero-order valence-electron chi connectivity index (χ0n) is 9.83. The lowest BCUT2D eigenvalue weighted by Gasteiger charge is -2.20. The van der Waals surface area contributed by atoms with Crippen LogP contribution in [0.25, 0.3) is 0 Å². The van der Waals surface area contributed by atoms with Crippen LogP contribution < -0.4 is 5.32 Å². The number of hydrogen-bond donors (Lipinski definition) is 2. The predicted octanol–water partition coefficient (Wildman–Crippen LogP) is 2.62. The Kier molecular flexibility index (Phi) is 3.91. The van der Waals surface area contributed by atoms with Gasteiger partial charge in [-0.3, -0.25) is 10.1 Å². The second-order valence-electron chi connectivity index (χ2n) is 4.56. The molecule has 1 aromatic carbocycles. The van der Waals surface area contributed by atoms with Crippen molar-refractivity contribution in [1.82, 2.24) is 5.32 Å². The highest BCUT2D eigenvalue weighted by Gasteiger charge is 2.28. The normalized spacial score (nSPS) is 17.9. The fraction of sp³-hybridized carbons (Fsp3) is 0.462. The minimum atomic E-state index is -1.19. The first-order chi connectivity index (χ1) is 8.59. The van der Waals surface area contributed by atoms with Gasteiger partial charge in [0.15, 0.2) is 11.6 Å². The van der Waals surface area contributed by atoms with Crippen molar-refractivity contribution >= 4 is 5.97 Å². The van der Waals surface area contributed by atoms with Crippen LogP contribution in [0.4, 0.5) is 8.78 Å². The highest BCUT2D eigenvalue weighted by Crippen LogP contribution is 2.24. The van der Waals surface area contributed by atoms with Gasteiger partial charge in [-0.2, -0.15) is 0 Å². The molecule has 3 nitrogen and oxygen atoms in total. The monoisotopic (exact) mass is 255 g/mol. The average molecular weight is 255 g/mol. The molecular formula is C13H15F2NO2. The molecule has 0 spiro atoms. The number of carbonyl (C=O) groups is 1. The van der Waals surface area contributed by atoms with Crippen LogP contribution >= 0.6 is 0 Å². The molecule has 2 N–H and O–H groups in total. The fourth-order valence-corrected chi connectivity index (χ4v) is 2.37. The molecule has 1 fully saturated rings. The van der Waals surface area contributed by atoms with Gasteiger partial charge >= 0.3 is 5.97 Å². The van der Waals surface area contributed by atoms with Crippen molar-refractivity contribution in [1.29, 1.82) is 0 Å². The van der Waals surface area contributed by atoms with Gasteiger partial charge in [-0.05, 0) is 18.9 Å². The summed E-state index contributed by atoms with van der Waals surface area (Å²) in [4.78, 5) is 11.2. The smallest absolute Gasteiger partial charge is 0.325 e. The Morgan fingerprint density at radius 3 is 2.61 bits per heavy atom. The van der Waals surface area contributed by atoms with E-state index < -0.39 is 23.6 Å². The van der Waals surface area contributed by atoms with Gasteiger partial charge in [-0.15, -0.1) is 0 Å². The molecule has 0 aliphatic heterocycles. The summed E-state index contributed by atoms with van der Waals surface area (Å²) in [6, 6.07) is 2.48. The van der Waals surface area contributed by atoms with Crippen LogP contribution in [0.3, 0.4) is 0 Å². The molecule has 1 aliphatic rings. The van der Waals surface area contributed by atoms with Gasteiger partial charge in [0.2, 0.25) is 0 Å². The van der Waals surface area contributed by atoms with Crippen molar-refractivity contribution < 1.29 is 18.7 Å². The molecule has 1 aliphatic carbocycles. The summed E-state index contributed by atoms with van der Waals surface area (Å²) >= 11 is 0. The van der Waals surface area contributed by atoms with E-state index in [0.717, 1.165) is 31.7 Å². The first-order valence-electron chi connectivity index (χ1n) is 6.02. The van der Waals surface area contributed by atoms with Gasteiger partial charge in [0.05, 0.1) is 0 Å². The van der Waals surface area contributed by atoms with Crippen LogP contribution in [-0.4, -0.2) is 17.1 Å². The van der Waals surface area contributed by atoms with E-state index in [-0.39, 0.29) is 11.6 Å². The summed E-state index contributed by atoms with van der Waals surface area (Å²) in [6.07, 6.45) is 3.83. The predicted molar refractivity (Wildman–Crippen MR) is 62.1 cm³/mol. The van der Waals surface area contributed by atoms with E-state index >= 15 is 0 Å². The molecular weight excluding hydrogens is 240 g/mol. The average Bonchev–Trinajstić information content (AvgIpc) is 2.83. The standard InChI is InChI=1S/C13H15F2NO2/c14-10-7-3-6-9(11(10)15)12(13(17)18)16-8-4-1-2-5-8/h3,6-8,12,16H,1-2,4-5H2,(H,17,18). The SMILES string of the molecule is O=C(O)C(NC1CCCC1)c1cccc(F)c1F. The summed E-state index contributed by atoms with van der Waals surface area (Å²) in [5.41, 5.74) is -0.144. The number of halogens is 2. The first kappa shape index (κ1) is 13.0. The second-order valence-corrected chi connectivity index (χ2v) is 4.56. The zero-order chi connectivity index (χ0) is 13.1. The van der Waals surface area contributed by atoms with E-state index in [9.17, 15) is 13.6 Å². The third-order valence-corrected chi connectivity index (χ3v) is 3.30. The number of aliphatic carboxylic acids is 1. The number of carboxylic acid groups (broad SMARTS) is 1. The lowest BCUT2D eigenvalue weighted by Crippen LogP contribution is -2.36. The summed E-state index contributed by atoms with van der Waals surface area (Å²) in [5.74, 6) is -3.30. The molecule has 5 heteroatoms. The number of benzene rings is 1. The van der Waals surface area contributed by atoms with E-state index in [2.05, 4.69) is 5.32 Å². The van der Waals surface area contributed by atoms with E-state index in [1.54, 1.807) is 0 Å². The first-order valence-corrected chi connectivity index (χ1v) is 6.02. The zero-order valence-corrected chi connectivity index (χ0v) is 9.83. The van der Waals surface area contributed by atoms with Gasteiger partial charge < -0.3 is 5.11 Å². The highest BCUT2D eigenvalue weighted by molar-refractivity contribution is 5.75. The van der Waals surface area contributed by atoms with Crippen molar-refractivity contribution in [3.05, 3.63) is 35.4 Å². The molecule has 2 rings (SSSR count). The van der Waals surface area contributed by atoms with Gasteiger partial charge in [0, 0.05) is 11.6 Å². The van der Waals surface area contributed by atoms with E-state index in [4.69, 9.17) is 5.11 Å². The molecule has 0 heterocycles. The third kappa shape index (κ3) is 2.67. The summed E-state index contributed by atoms with van der Waals surface area (Å²) in [6.45, 7) is 0. The van der Waals surface area contributed by atoms with Crippen LogP contribution in [0.5, 0.6) is 0 Å². The molecule has 0 saturated heterocycles. The Hall–Kier alpha value is -1.49. The molecule has 1 aromatic rings. The largest absolute Gasteiger partial charge is 0.480 e. The molecule has 1 atom stereocenters. The quantitative estimate of drug-likeness (QED) is 0.869. The van der Waals surface area contributed by atoms with Crippen LogP contribution in [0, 0.1) is 11.6 Å². The van der Waals surface area contributed by atoms with Crippen LogP contribution in [0.15, 0.2) is 18.2 Å². The molecule has 0 bridgehead atoms. The molecule has 0 radical (unpaired) electrons. The molecule has 18 heavy (non-hydrogen) atoms. The summed E-state index contributed by atoms with van der Waals surface area (Å²) in [5, 5.41) is 12.0. The summed E-state index contributed by atoms with van der Waals surface area (Å²) < 4.78 is 26.7. The molecule has 1 unspecified atom stereocenters. The van der Waals surface area contributed by atoms with E-state index in [1.165, 1.54) is 12.1 Å². The van der Waals surface area contributed by atoms with Gasteiger partial charge in [0.25, 0.3) is 0 Å². The lowest BCUT2D eigenvalue weighted by molar-refractivity contribution is -0.140. The van der Waals surface area contributed by atoms with Crippen molar-refractivity contribution in [3.63, 3.8) is 0 Å². The van der Waals surface area contributed by atoms with Gasteiger partial charge in [-0.1, -0.05) is 25.0 Å². The number of nitrogens with one attached hydrogen (secondary N) is 1.